The minimum atomic E-state index is -0.384. The molecule has 1 unspecified atom stereocenters. The maximum Gasteiger partial charge on any atom is 0.269 e. The summed E-state index contributed by atoms with van der Waals surface area (Å²) in [5.74, 6) is 0.994. The number of nitro benzene ring substituents is 1. The smallest absolute Gasteiger partial charge is 0.269 e. The van der Waals surface area contributed by atoms with E-state index in [2.05, 4.69) is 17.2 Å². The van der Waals surface area contributed by atoms with Crippen LogP contribution in [0.2, 0.25) is 0 Å². The van der Waals surface area contributed by atoms with Crippen LogP contribution in [0, 0.1) is 10.1 Å². The van der Waals surface area contributed by atoms with Gasteiger partial charge in [0.05, 0.1) is 11.0 Å². The van der Waals surface area contributed by atoms with Crippen molar-refractivity contribution >= 4 is 5.69 Å². The number of non-ortho nitro benzene ring substituents is 1. The first-order valence-corrected chi connectivity index (χ1v) is 6.52. The van der Waals surface area contributed by atoms with Crippen LogP contribution < -0.4 is 5.32 Å². The van der Waals surface area contributed by atoms with E-state index >= 15 is 0 Å². The molecule has 6 heteroatoms. The average Bonchev–Trinajstić information content (AvgIpc) is 2.85. The number of hydrogen-bond donors (Lipinski definition) is 1. The quantitative estimate of drug-likeness (QED) is 0.647. The van der Waals surface area contributed by atoms with Gasteiger partial charge < -0.3 is 9.88 Å². The molecule has 0 aliphatic rings. The van der Waals surface area contributed by atoms with E-state index in [9.17, 15) is 10.1 Å². The van der Waals surface area contributed by atoms with Gasteiger partial charge >= 0.3 is 0 Å². The molecule has 0 saturated heterocycles. The number of nitrogens with zero attached hydrogens (tertiary/aromatic N) is 3. The van der Waals surface area contributed by atoms with Gasteiger partial charge in [-0.15, -0.1) is 0 Å². The molecule has 106 valence electrons. The molecule has 1 heterocycles. The SMILES string of the molecule is CC(NCCc1ccc([N+](=O)[O-])cc1)c1nccn1C. The number of aryl methyl sites for hydroxylation is 1. The Morgan fingerprint density at radius 2 is 2.10 bits per heavy atom. The summed E-state index contributed by atoms with van der Waals surface area (Å²) in [7, 11) is 1.97. The average molecular weight is 274 g/mol. The zero-order valence-corrected chi connectivity index (χ0v) is 11.6. The van der Waals surface area contributed by atoms with Gasteiger partial charge in [0.2, 0.25) is 0 Å². The lowest BCUT2D eigenvalue weighted by Gasteiger charge is -2.13. The summed E-state index contributed by atoms with van der Waals surface area (Å²) >= 11 is 0. The minimum Gasteiger partial charge on any atom is -0.337 e. The van der Waals surface area contributed by atoms with E-state index in [1.807, 2.05) is 17.8 Å². The zero-order valence-electron chi connectivity index (χ0n) is 11.6. The third kappa shape index (κ3) is 3.42. The largest absolute Gasteiger partial charge is 0.337 e. The summed E-state index contributed by atoms with van der Waals surface area (Å²) in [6, 6.07) is 6.85. The molecule has 2 aromatic rings. The van der Waals surface area contributed by atoms with E-state index in [0.717, 1.165) is 24.4 Å². The number of rotatable bonds is 6. The van der Waals surface area contributed by atoms with Crippen LogP contribution in [0.3, 0.4) is 0 Å². The van der Waals surface area contributed by atoms with Crippen molar-refractivity contribution in [2.45, 2.75) is 19.4 Å². The molecule has 0 spiro atoms. The van der Waals surface area contributed by atoms with Gasteiger partial charge in [0, 0.05) is 31.6 Å². The standard InChI is InChI=1S/C14H18N4O2/c1-11(14-16-9-10-17(14)2)15-8-7-12-3-5-13(6-4-12)18(19)20/h3-6,9-11,15H,7-8H2,1-2H3. The first kappa shape index (κ1) is 14.2. The van der Waals surface area contributed by atoms with E-state index in [4.69, 9.17) is 0 Å². The summed E-state index contributed by atoms with van der Waals surface area (Å²) in [6.07, 6.45) is 4.53. The molecular weight excluding hydrogens is 256 g/mol. The van der Waals surface area contributed by atoms with Crippen molar-refractivity contribution in [2.24, 2.45) is 7.05 Å². The Bertz CT molecular complexity index is 577. The molecule has 1 aromatic heterocycles. The Kier molecular flexibility index (Phi) is 4.47. The van der Waals surface area contributed by atoms with Crippen LogP contribution in [0.1, 0.15) is 24.4 Å². The molecule has 0 bridgehead atoms. The number of imidazole rings is 1. The molecular formula is C14H18N4O2. The van der Waals surface area contributed by atoms with Crippen molar-refractivity contribution in [1.29, 1.82) is 0 Å². The van der Waals surface area contributed by atoms with Crippen LogP contribution in [0.15, 0.2) is 36.7 Å². The second-order valence-electron chi connectivity index (χ2n) is 4.75. The van der Waals surface area contributed by atoms with E-state index in [1.54, 1.807) is 18.3 Å². The second kappa shape index (κ2) is 6.29. The van der Waals surface area contributed by atoms with E-state index in [1.165, 1.54) is 12.1 Å². The van der Waals surface area contributed by atoms with Crippen molar-refractivity contribution in [3.8, 4) is 0 Å². The Balaban J connectivity index is 1.84. The first-order valence-electron chi connectivity index (χ1n) is 6.52. The third-order valence-corrected chi connectivity index (χ3v) is 3.26. The van der Waals surface area contributed by atoms with Crippen LogP contribution in [0.25, 0.3) is 0 Å². The van der Waals surface area contributed by atoms with Crippen molar-refractivity contribution in [3.63, 3.8) is 0 Å². The number of hydrogen-bond acceptors (Lipinski definition) is 4. The van der Waals surface area contributed by atoms with Gasteiger partial charge in [-0.05, 0) is 25.5 Å². The summed E-state index contributed by atoms with van der Waals surface area (Å²) in [5.41, 5.74) is 1.21. The molecule has 0 aliphatic heterocycles. The van der Waals surface area contributed by atoms with Crippen LogP contribution in [-0.2, 0) is 13.5 Å². The third-order valence-electron chi connectivity index (χ3n) is 3.26. The topological polar surface area (TPSA) is 73.0 Å². The van der Waals surface area contributed by atoms with E-state index < -0.39 is 0 Å². The lowest BCUT2D eigenvalue weighted by Crippen LogP contribution is -2.23. The van der Waals surface area contributed by atoms with Crippen LogP contribution in [-0.4, -0.2) is 21.0 Å². The molecule has 1 N–H and O–H groups in total. The summed E-state index contributed by atoms with van der Waals surface area (Å²) < 4.78 is 1.99. The van der Waals surface area contributed by atoms with Gasteiger partial charge in [0.25, 0.3) is 5.69 Å². The molecule has 1 aromatic carbocycles. The molecule has 0 saturated carbocycles. The summed E-state index contributed by atoms with van der Waals surface area (Å²) in [5, 5.41) is 14.0. The monoisotopic (exact) mass is 274 g/mol. The van der Waals surface area contributed by atoms with E-state index in [0.29, 0.717) is 0 Å². The Labute approximate surface area is 117 Å². The van der Waals surface area contributed by atoms with Gasteiger partial charge in [-0.1, -0.05) is 12.1 Å². The highest BCUT2D eigenvalue weighted by Crippen LogP contribution is 2.13. The summed E-state index contributed by atoms with van der Waals surface area (Å²) in [6.45, 7) is 2.87. The van der Waals surface area contributed by atoms with Crippen LogP contribution in [0.5, 0.6) is 0 Å². The predicted molar refractivity (Wildman–Crippen MR) is 76.4 cm³/mol. The van der Waals surface area contributed by atoms with Crippen molar-refractivity contribution in [2.75, 3.05) is 6.54 Å². The molecule has 2 rings (SSSR count). The van der Waals surface area contributed by atoms with Gasteiger partial charge in [-0.2, -0.15) is 0 Å². The highest BCUT2D eigenvalue weighted by atomic mass is 16.6. The Morgan fingerprint density at radius 1 is 1.40 bits per heavy atom. The minimum absolute atomic E-state index is 0.128. The van der Waals surface area contributed by atoms with Crippen molar-refractivity contribution in [1.82, 2.24) is 14.9 Å². The Morgan fingerprint density at radius 3 is 2.65 bits per heavy atom. The van der Waals surface area contributed by atoms with Crippen LogP contribution in [0.4, 0.5) is 5.69 Å². The van der Waals surface area contributed by atoms with Crippen LogP contribution >= 0.6 is 0 Å². The van der Waals surface area contributed by atoms with Gasteiger partial charge in [0.1, 0.15) is 5.82 Å². The van der Waals surface area contributed by atoms with E-state index in [-0.39, 0.29) is 16.7 Å². The lowest BCUT2D eigenvalue weighted by atomic mass is 10.1. The molecule has 1 atom stereocenters. The van der Waals surface area contributed by atoms with Gasteiger partial charge in [0.15, 0.2) is 0 Å². The lowest BCUT2D eigenvalue weighted by molar-refractivity contribution is -0.384. The highest BCUT2D eigenvalue weighted by Gasteiger charge is 2.09. The Hall–Kier alpha value is -2.21. The zero-order chi connectivity index (χ0) is 14.5. The van der Waals surface area contributed by atoms with Crippen molar-refractivity contribution < 1.29 is 4.92 Å². The highest BCUT2D eigenvalue weighted by molar-refractivity contribution is 5.32. The number of nitro groups is 1. The molecule has 6 nitrogen and oxygen atoms in total. The number of aromatic nitrogens is 2. The van der Waals surface area contributed by atoms with Crippen molar-refractivity contribution in [3.05, 3.63) is 58.2 Å². The fourth-order valence-corrected chi connectivity index (χ4v) is 2.10. The molecule has 0 radical (unpaired) electrons. The van der Waals surface area contributed by atoms with Gasteiger partial charge in [-0.25, -0.2) is 4.98 Å². The maximum absolute atomic E-state index is 10.6. The summed E-state index contributed by atoms with van der Waals surface area (Å²) in [4.78, 5) is 14.5. The molecule has 0 fully saturated rings. The fraction of sp³-hybridized carbons (Fsp3) is 0.357. The van der Waals surface area contributed by atoms with Gasteiger partial charge in [-0.3, -0.25) is 10.1 Å². The molecule has 20 heavy (non-hydrogen) atoms. The number of nitrogens with one attached hydrogen (secondary N) is 1. The molecule has 0 amide bonds. The predicted octanol–water partition coefficient (Wildman–Crippen LogP) is 2.22. The maximum atomic E-state index is 10.6. The first-order chi connectivity index (χ1) is 9.58. The molecule has 0 aliphatic carbocycles. The second-order valence-corrected chi connectivity index (χ2v) is 4.75. The fourth-order valence-electron chi connectivity index (χ4n) is 2.10. The normalized spacial score (nSPS) is 12.3. The number of benzene rings is 1.